The Hall–Kier alpha value is -1.54. The SMILES string of the molecule is CC(NS(=O)(=O)CCC(=O)O)c1cc(F)ccc1F. The Morgan fingerprint density at radius 3 is 2.63 bits per heavy atom. The van der Waals surface area contributed by atoms with Crippen LogP contribution in [0.15, 0.2) is 18.2 Å². The number of nitrogens with one attached hydrogen (secondary N) is 1. The first-order valence-corrected chi connectivity index (χ1v) is 7.03. The van der Waals surface area contributed by atoms with Gasteiger partial charge < -0.3 is 5.11 Å². The van der Waals surface area contributed by atoms with Crippen molar-refractivity contribution in [3.05, 3.63) is 35.4 Å². The minimum absolute atomic E-state index is 0.140. The number of halogens is 2. The lowest BCUT2D eigenvalue weighted by atomic mass is 10.1. The van der Waals surface area contributed by atoms with Crippen LogP contribution in [0.4, 0.5) is 8.78 Å². The van der Waals surface area contributed by atoms with E-state index in [-0.39, 0.29) is 5.56 Å². The fourth-order valence-electron chi connectivity index (χ4n) is 1.46. The van der Waals surface area contributed by atoms with E-state index in [9.17, 15) is 22.0 Å². The molecule has 1 aromatic rings. The van der Waals surface area contributed by atoms with Gasteiger partial charge in [-0.2, -0.15) is 0 Å². The van der Waals surface area contributed by atoms with Crippen molar-refractivity contribution in [1.29, 1.82) is 0 Å². The summed E-state index contributed by atoms with van der Waals surface area (Å²) in [6.45, 7) is 1.34. The molecule has 5 nitrogen and oxygen atoms in total. The van der Waals surface area contributed by atoms with Crippen LogP contribution < -0.4 is 4.72 Å². The van der Waals surface area contributed by atoms with E-state index in [1.54, 1.807) is 0 Å². The number of rotatable bonds is 6. The summed E-state index contributed by atoms with van der Waals surface area (Å²) in [4.78, 5) is 10.3. The van der Waals surface area contributed by atoms with Crippen LogP contribution in [0.1, 0.15) is 24.9 Å². The maximum Gasteiger partial charge on any atom is 0.304 e. The highest BCUT2D eigenvalue weighted by Crippen LogP contribution is 2.18. The lowest BCUT2D eigenvalue weighted by Crippen LogP contribution is -2.30. The zero-order chi connectivity index (χ0) is 14.6. The summed E-state index contributed by atoms with van der Waals surface area (Å²) in [6.07, 6.45) is -0.562. The third kappa shape index (κ3) is 4.92. The molecule has 0 aromatic heterocycles. The summed E-state index contributed by atoms with van der Waals surface area (Å²) < 4.78 is 51.5. The van der Waals surface area contributed by atoms with Crippen molar-refractivity contribution in [2.75, 3.05) is 5.75 Å². The van der Waals surface area contributed by atoms with E-state index in [1.165, 1.54) is 6.92 Å². The van der Waals surface area contributed by atoms with Gasteiger partial charge in [-0.25, -0.2) is 21.9 Å². The quantitative estimate of drug-likeness (QED) is 0.831. The normalized spacial score (nSPS) is 13.2. The van der Waals surface area contributed by atoms with Gasteiger partial charge in [0.25, 0.3) is 0 Å². The maximum atomic E-state index is 13.4. The number of benzene rings is 1. The average molecular weight is 293 g/mol. The number of carbonyl (C=O) groups is 1. The van der Waals surface area contributed by atoms with Crippen LogP contribution in [0.25, 0.3) is 0 Å². The second-order valence-corrected chi connectivity index (χ2v) is 5.84. The molecule has 0 saturated heterocycles. The van der Waals surface area contributed by atoms with E-state index in [0.29, 0.717) is 0 Å². The molecule has 1 unspecified atom stereocenters. The van der Waals surface area contributed by atoms with Crippen LogP contribution in [0.5, 0.6) is 0 Å². The van der Waals surface area contributed by atoms with Crippen LogP contribution in [0.2, 0.25) is 0 Å². The summed E-state index contributed by atoms with van der Waals surface area (Å²) >= 11 is 0. The predicted octanol–water partition coefficient (Wildman–Crippen LogP) is 1.42. The molecule has 0 aliphatic rings. The van der Waals surface area contributed by atoms with E-state index >= 15 is 0 Å². The molecule has 106 valence electrons. The van der Waals surface area contributed by atoms with Crippen molar-refractivity contribution in [3.63, 3.8) is 0 Å². The zero-order valence-corrected chi connectivity index (χ0v) is 10.9. The summed E-state index contributed by atoms with van der Waals surface area (Å²) in [6, 6.07) is 1.71. The molecule has 0 amide bonds. The van der Waals surface area contributed by atoms with Gasteiger partial charge >= 0.3 is 5.97 Å². The Labute approximate surface area is 109 Å². The van der Waals surface area contributed by atoms with Gasteiger partial charge in [0.2, 0.25) is 10.0 Å². The number of carboxylic acid groups (broad SMARTS) is 1. The van der Waals surface area contributed by atoms with E-state index in [4.69, 9.17) is 5.11 Å². The molecule has 0 aliphatic carbocycles. The van der Waals surface area contributed by atoms with Crippen molar-refractivity contribution in [2.24, 2.45) is 0 Å². The smallest absolute Gasteiger partial charge is 0.304 e. The van der Waals surface area contributed by atoms with Crippen molar-refractivity contribution in [1.82, 2.24) is 4.72 Å². The third-order valence-electron chi connectivity index (χ3n) is 2.37. The fourth-order valence-corrected chi connectivity index (χ4v) is 2.69. The van der Waals surface area contributed by atoms with Crippen molar-refractivity contribution in [3.8, 4) is 0 Å². The zero-order valence-electron chi connectivity index (χ0n) is 10.1. The molecule has 2 N–H and O–H groups in total. The van der Waals surface area contributed by atoms with Crippen molar-refractivity contribution >= 4 is 16.0 Å². The van der Waals surface area contributed by atoms with Crippen molar-refractivity contribution in [2.45, 2.75) is 19.4 Å². The standard InChI is InChI=1S/C11H13F2NO4S/c1-7(9-6-8(12)2-3-10(9)13)14-19(17,18)5-4-11(15)16/h2-3,6-7,14H,4-5H2,1H3,(H,15,16). The van der Waals surface area contributed by atoms with Gasteiger partial charge in [0.1, 0.15) is 11.6 Å². The average Bonchev–Trinajstić information content (AvgIpc) is 2.29. The largest absolute Gasteiger partial charge is 0.481 e. The van der Waals surface area contributed by atoms with E-state index < -0.39 is 45.8 Å². The molecule has 0 saturated carbocycles. The lowest BCUT2D eigenvalue weighted by molar-refractivity contribution is -0.136. The monoisotopic (exact) mass is 293 g/mol. The molecular weight excluding hydrogens is 280 g/mol. The van der Waals surface area contributed by atoms with Crippen LogP contribution in [0, 0.1) is 11.6 Å². The Morgan fingerprint density at radius 1 is 1.42 bits per heavy atom. The summed E-state index contributed by atoms with van der Waals surface area (Å²) in [5, 5.41) is 8.41. The van der Waals surface area contributed by atoms with Crippen LogP contribution in [0.3, 0.4) is 0 Å². The molecule has 1 rings (SSSR count). The Kier molecular flexibility index (Phi) is 4.96. The first-order valence-electron chi connectivity index (χ1n) is 5.38. The third-order valence-corrected chi connectivity index (χ3v) is 3.82. The number of carboxylic acids is 1. The van der Waals surface area contributed by atoms with Crippen molar-refractivity contribution < 1.29 is 27.1 Å². The fraction of sp³-hybridized carbons (Fsp3) is 0.364. The molecule has 0 fully saturated rings. The van der Waals surface area contributed by atoms with Gasteiger partial charge in [-0.1, -0.05) is 0 Å². The minimum atomic E-state index is -3.87. The lowest BCUT2D eigenvalue weighted by Gasteiger charge is -2.15. The van der Waals surface area contributed by atoms with Crippen LogP contribution in [-0.2, 0) is 14.8 Å². The highest BCUT2D eigenvalue weighted by atomic mass is 32.2. The predicted molar refractivity (Wildman–Crippen MR) is 63.9 cm³/mol. The van der Waals surface area contributed by atoms with Crippen LogP contribution in [-0.4, -0.2) is 25.2 Å². The summed E-state index contributed by atoms with van der Waals surface area (Å²) in [5.41, 5.74) is -0.140. The van der Waals surface area contributed by atoms with Gasteiger partial charge in [0, 0.05) is 11.6 Å². The second kappa shape index (κ2) is 6.07. The van der Waals surface area contributed by atoms with Gasteiger partial charge in [-0.15, -0.1) is 0 Å². The van der Waals surface area contributed by atoms with Crippen LogP contribution >= 0.6 is 0 Å². The molecule has 8 heteroatoms. The molecule has 1 atom stereocenters. The highest BCUT2D eigenvalue weighted by molar-refractivity contribution is 7.89. The van der Waals surface area contributed by atoms with E-state index in [1.807, 2.05) is 0 Å². The van der Waals surface area contributed by atoms with Gasteiger partial charge in [0.15, 0.2) is 0 Å². The topological polar surface area (TPSA) is 83.5 Å². The molecule has 19 heavy (non-hydrogen) atoms. The summed E-state index contributed by atoms with van der Waals surface area (Å²) in [5.74, 6) is -3.30. The molecule has 0 spiro atoms. The number of aliphatic carboxylic acids is 1. The Bertz CT molecular complexity index is 574. The Balaban J connectivity index is 2.81. The first kappa shape index (κ1) is 15.5. The molecule has 0 heterocycles. The molecule has 0 radical (unpaired) electrons. The van der Waals surface area contributed by atoms with Gasteiger partial charge in [0.05, 0.1) is 12.2 Å². The number of hydrogen-bond donors (Lipinski definition) is 2. The molecular formula is C11H13F2NO4S. The highest BCUT2D eigenvalue weighted by Gasteiger charge is 2.19. The van der Waals surface area contributed by atoms with Gasteiger partial charge in [-0.05, 0) is 25.1 Å². The molecule has 1 aromatic carbocycles. The molecule has 0 aliphatic heterocycles. The number of sulfonamides is 1. The minimum Gasteiger partial charge on any atom is -0.481 e. The van der Waals surface area contributed by atoms with E-state index in [0.717, 1.165) is 18.2 Å². The first-order chi connectivity index (χ1) is 8.71. The Morgan fingerprint density at radius 2 is 2.05 bits per heavy atom. The second-order valence-electron chi connectivity index (χ2n) is 3.97. The number of hydrogen-bond acceptors (Lipinski definition) is 3. The maximum absolute atomic E-state index is 13.4. The molecule has 0 bridgehead atoms. The summed E-state index contributed by atoms with van der Waals surface area (Å²) in [7, 11) is -3.87. The van der Waals surface area contributed by atoms with Gasteiger partial charge in [-0.3, -0.25) is 4.79 Å². The van der Waals surface area contributed by atoms with E-state index in [2.05, 4.69) is 4.72 Å².